The Morgan fingerprint density at radius 2 is 1.40 bits per heavy atom. The SMILES string of the molecule is CC(C)=C(C)c1ccc(C(=O)[O-])cc1.[Na+]. The second kappa shape index (κ2) is 6.11. The second-order valence-electron chi connectivity index (χ2n) is 3.49. The molecule has 0 aromatic heterocycles. The van der Waals surface area contributed by atoms with Crippen LogP contribution in [0.3, 0.4) is 0 Å². The molecular weight excluding hydrogens is 199 g/mol. The quantitative estimate of drug-likeness (QED) is 0.582. The van der Waals surface area contributed by atoms with Crippen molar-refractivity contribution in [2.24, 2.45) is 0 Å². The van der Waals surface area contributed by atoms with Crippen LogP contribution in [-0.2, 0) is 0 Å². The molecule has 1 rings (SSSR count). The molecule has 0 N–H and O–H groups in total. The van der Waals surface area contributed by atoms with E-state index in [1.54, 1.807) is 24.3 Å². The first-order valence-corrected chi connectivity index (χ1v) is 4.48. The molecule has 0 radical (unpaired) electrons. The molecule has 0 aliphatic carbocycles. The van der Waals surface area contributed by atoms with Crippen LogP contribution >= 0.6 is 0 Å². The number of rotatable bonds is 2. The molecule has 0 aliphatic heterocycles. The number of carboxylic acid groups (broad SMARTS) is 1. The molecule has 0 fully saturated rings. The third-order valence-corrected chi connectivity index (χ3v) is 2.30. The molecular formula is C12H13NaO2. The number of hydrogen-bond donors (Lipinski definition) is 0. The van der Waals surface area contributed by atoms with Crippen molar-refractivity contribution in [1.29, 1.82) is 0 Å². The zero-order valence-electron chi connectivity index (χ0n) is 9.63. The van der Waals surface area contributed by atoms with Gasteiger partial charge in [0.25, 0.3) is 0 Å². The van der Waals surface area contributed by atoms with E-state index < -0.39 is 5.97 Å². The van der Waals surface area contributed by atoms with Crippen LogP contribution in [0.5, 0.6) is 0 Å². The van der Waals surface area contributed by atoms with Gasteiger partial charge in [-0.25, -0.2) is 0 Å². The maximum absolute atomic E-state index is 10.5. The van der Waals surface area contributed by atoms with Crippen LogP contribution in [0.25, 0.3) is 5.57 Å². The number of carbonyl (C=O) groups excluding carboxylic acids is 1. The van der Waals surface area contributed by atoms with E-state index in [9.17, 15) is 9.90 Å². The van der Waals surface area contributed by atoms with E-state index >= 15 is 0 Å². The van der Waals surface area contributed by atoms with Crippen LogP contribution in [0, 0.1) is 0 Å². The summed E-state index contributed by atoms with van der Waals surface area (Å²) in [7, 11) is 0. The van der Waals surface area contributed by atoms with Crippen LogP contribution in [-0.4, -0.2) is 5.97 Å². The molecule has 0 heterocycles. The molecule has 0 saturated carbocycles. The summed E-state index contributed by atoms with van der Waals surface area (Å²) in [5, 5.41) is 10.5. The Labute approximate surface area is 112 Å². The van der Waals surface area contributed by atoms with Gasteiger partial charge in [0, 0.05) is 0 Å². The van der Waals surface area contributed by atoms with Crippen LogP contribution in [0.1, 0.15) is 36.7 Å². The second-order valence-corrected chi connectivity index (χ2v) is 3.49. The molecule has 74 valence electrons. The predicted octanol–water partition coefficient (Wildman–Crippen LogP) is -1.13. The molecule has 1 aromatic carbocycles. The standard InChI is InChI=1S/C12H14O2.Na/c1-8(2)9(3)10-4-6-11(7-5-10)12(13)14;/h4-7H,1-3H3,(H,13,14);/q;+1/p-1. The van der Waals surface area contributed by atoms with Crippen LogP contribution in [0.2, 0.25) is 0 Å². The van der Waals surface area contributed by atoms with E-state index in [1.165, 1.54) is 11.1 Å². The van der Waals surface area contributed by atoms with Gasteiger partial charge in [0.05, 0.1) is 5.97 Å². The predicted molar refractivity (Wildman–Crippen MR) is 54.7 cm³/mol. The van der Waals surface area contributed by atoms with Crippen molar-refractivity contribution in [1.82, 2.24) is 0 Å². The van der Waals surface area contributed by atoms with Crippen molar-refractivity contribution in [2.45, 2.75) is 20.8 Å². The average molecular weight is 212 g/mol. The smallest absolute Gasteiger partial charge is 0.545 e. The molecule has 0 aliphatic rings. The van der Waals surface area contributed by atoms with Gasteiger partial charge in [-0.3, -0.25) is 0 Å². The normalized spacial score (nSPS) is 9.00. The van der Waals surface area contributed by atoms with Crippen molar-refractivity contribution in [3.8, 4) is 0 Å². The number of benzene rings is 1. The maximum Gasteiger partial charge on any atom is 1.00 e. The van der Waals surface area contributed by atoms with Gasteiger partial charge in [-0.05, 0) is 37.5 Å². The Morgan fingerprint density at radius 1 is 1.00 bits per heavy atom. The van der Waals surface area contributed by atoms with E-state index in [1.807, 2.05) is 20.8 Å². The third kappa shape index (κ3) is 3.82. The summed E-state index contributed by atoms with van der Waals surface area (Å²) >= 11 is 0. The van der Waals surface area contributed by atoms with Crippen LogP contribution in [0.4, 0.5) is 0 Å². The van der Waals surface area contributed by atoms with Gasteiger partial charge >= 0.3 is 29.6 Å². The average Bonchev–Trinajstić information content (AvgIpc) is 2.16. The molecule has 0 saturated heterocycles. The molecule has 0 bridgehead atoms. The first-order chi connectivity index (χ1) is 6.52. The van der Waals surface area contributed by atoms with Gasteiger partial charge in [0.15, 0.2) is 0 Å². The number of carboxylic acids is 1. The zero-order valence-corrected chi connectivity index (χ0v) is 11.6. The summed E-state index contributed by atoms with van der Waals surface area (Å²) in [5.41, 5.74) is 3.67. The fraction of sp³-hybridized carbons (Fsp3) is 0.250. The largest absolute Gasteiger partial charge is 1.00 e. The van der Waals surface area contributed by atoms with Gasteiger partial charge < -0.3 is 9.90 Å². The molecule has 1 aromatic rings. The van der Waals surface area contributed by atoms with Crippen molar-refractivity contribution in [3.63, 3.8) is 0 Å². The summed E-state index contributed by atoms with van der Waals surface area (Å²) in [6.45, 7) is 6.08. The number of allylic oxidation sites excluding steroid dienone is 2. The van der Waals surface area contributed by atoms with Gasteiger partial charge in [-0.15, -0.1) is 0 Å². The van der Waals surface area contributed by atoms with Gasteiger partial charge in [0.2, 0.25) is 0 Å². The summed E-state index contributed by atoms with van der Waals surface area (Å²) in [6.07, 6.45) is 0. The molecule has 0 amide bonds. The topological polar surface area (TPSA) is 40.1 Å². The minimum Gasteiger partial charge on any atom is -0.545 e. The number of aromatic carboxylic acids is 1. The number of hydrogen-bond acceptors (Lipinski definition) is 2. The molecule has 2 nitrogen and oxygen atoms in total. The fourth-order valence-corrected chi connectivity index (χ4v) is 1.14. The summed E-state index contributed by atoms with van der Waals surface area (Å²) in [4.78, 5) is 10.5. The summed E-state index contributed by atoms with van der Waals surface area (Å²) in [5.74, 6) is -1.13. The first-order valence-electron chi connectivity index (χ1n) is 4.48. The molecule has 3 heteroatoms. The Balaban J connectivity index is 0.00000196. The van der Waals surface area contributed by atoms with Crippen molar-refractivity contribution in [3.05, 3.63) is 41.0 Å². The van der Waals surface area contributed by atoms with Crippen molar-refractivity contribution < 1.29 is 39.5 Å². The Hall–Kier alpha value is -0.570. The van der Waals surface area contributed by atoms with E-state index in [4.69, 9.17) is 0 Å². The van der Waals surface area contributed by atoms with E-state index in [0.29, 0.717) is 0 Å². The molecule has 0 atom stereocenters. The van der Waals surface area contributed by atoms with E-state index in [2.05, 4.69) is 0 Å². The minimum atomic E-state index is -1.13. The monoisotopic (exact) mass is 212 g/mol. The zero-order chi connectivity index (χ0) is 10.7. The molecule has 0 unspecified atom stereocenters. The maximum atomic E-state index is 10.5. The van der Waals surface area contributed by atoms with Gasteiger partial charge in [-0.2, -0.15) is 0 Å². The van der Waals surface area contributed by atoms with Crippen LogP contribution < -0.4 is 34.7 Å². The molecule has 15 heavy (non-hydrogen) atoms. The third-order valence-electron chi connectivity index (χ3n) is 2.30. The van der Waals surface area contributed by atoms with E-state index in [-0.39, 0.29) is 35.1 Å². The molecule has 0 spiro atoms. The van der Waals surface area contributed by atoms with Crippen molar-refractivity contribution >= 4 is 11.5 Å². The van der Waals surface area contributed by atoms with Crippen molar-refractivity contribution in [2.75, 3.05) is 0 Å². The minimum absolute atomic E-state index is 0. The Bertz CT molecular complexity index is 373. The Kier molecular flexibility index (Phi) is 5.88. The summed E-state index contributed by atoms with van der Waals surface area (Å²) < 4.78 is 0. The first kappa shape index (κ1) is 14.4. The fourth-order valence-electron chi connectivity index (χ4n) is 1.14. The van der Waals surface area contributed by atoms with Gasteiger partial charge in [0.1, 0.15) is 0 Å². The van der Waals surface area contributed by atoms with E-state index in [0.717, 1.165) is 5.56 Å². The number of carbonyl (C=O) groups is 1. The summed E-state index contributed by atoms with van der Waals surface area (Å²) in [6, 6.07) is 6.73. The van der Waals surface area contributed by atoms with Crippen LogP contribution in [0.15, 0.2) is 29.8 Å². The van der Waals surface area contributed by atoms with Gasteiger partial charge in [-0.1, -0.05) is 29.8 Å². The Morgan fingerprint density at radius 3 is 1.73 bits per heavy atom.